The van der Waals surface area contributed by atoms with Crippen molar-refractivity contribution in [1.82, 2.24) is 4.90 Å². The highest BCUT2D eigenvalue weighted by Crippen LogP contribution is 2.46. The van der Waals surface area contributed by atoms with Crippen LogP contribution in [0.25, 0.3) is 0 Å². The summed E-state index contributed by atoms with van der Waals surface area (Å²) in [7, 11) is 0. The second-order valence-electron chi connectivity index (χ2n) is 8.99. The summed E-state index contributed by atoms with van der Waals surface area (Å²) in [6.45, 7) is 2.33. The standard InChI is InChI=1S/C22H26F3N3O2/c23-22(24,25)19-10-18(4-3-16(19)11-26)27-7-5-21(6-8-27)14-28(12-17(21)13-29)20(30)9-15-1-2-15/h3-4,10,15,17,29H,1-2,5-9,12-14H2. The van der Waals surface area contributed by atoms with E-state index in [1.807, 2.05) is 9.80 Å². The van der Waals surface area contributed by atoms with Crippen LogP contribution in [0.15, 0.2) is 18.2 Å². The number of anilines is 1. The van der Waals surface area contributed by atoms with Crippen molar-refractivity contribution in [3.63, 3.8) is 0 Å². The van der Waals surface area contributed by atoms with E-state index in [0.717, 1.165) is 18.9 Å². The molecule has 1 saturated carbocycles. The summed E-state index contributed by atoms with van der Waals surface area (Å²) in [5.74, 6) is 0.689. The molecular weight excluding hydrogens is 395 g/mol. The first-order valence-electron chi connectivity index (χ1n) is 10.5. The predicted octanol–water partition coefficient (Wildman–Crippen LogP) is 3.41. The second kappa shape index (κ2) is 7.77. The number of piperidine rings is 1. The number of aliphatic hydroxyl groups excluding tert-OH is 1. The maximum Gasteiger partial charge on any atom is 0.417 e. The van der Waals surface area contributed by atoms with Crippen molar-refractivity contribution >= 4 is 11.6 Å². The van der Waals surface area contributed by atoms with Gasteiger partial charge in [0.05, 0.1) is 17.2 Å². The maximum atomic E-state index is 13.3. The molecule has 1 N–H and O–H groups in total. The molecule has 0 aromatic heterocycles. The molecular formula is C22H26F3N3O2. The van der Waals surface area contributed by atoms with E-state index >= 15 is 0 Å². The van der Waals surface area contributed by atoms with Crippen molar-refractivity contribution in [2.45, 2.75) is 38.3 Å². The van der Waals surface area contributed by atoms with E-state index in [0.29, 0.717) is 57.0 Å². The van der Waals surface area contributed by atoms with Crippen molar-refractivity contribution in [3.8, 4) is 6.07 Å². The molecule has 0 bridgehead atoms. The van der Waals surface area contributed by atoms with Crippen LogP contribution < -0.4 is 4.90 Å². The molecule has 3 aliphatic rings. The molecule has 1 atom stereocenters. The number of carbonyl (C=O) groups is 1. The average molecular weight is 421 g/mol. The summed E-state index contributed by atoms with van der Waals surface area (Å²) < 4.78 is 39.9. The lowest BCUT2D eigenvalue weighted by Crippen LogP contribution is -2.45. The van der Waals surface area contributed by atoms with Gasteiger partial charge in [0.1, 0.15) is 0 Å². The zero-order chi connectivity index (χ0) is 21.5. The Hall–Kier alpha value is -2.27. The first-order chi connectivity index (χ1) is 14.3. The molecule has 1 unspecified atom stereocenters. The number of aliphatic hydroxyl groups is 1. The summed E-state index contributed by atoms with van der Waals surface area (Å²) >= 11 is 0. The molecule has 1 aromatic carbocycles. The highest BCUT2D eigenvalue weighted by atomic mass is 19.4. The van der Waals surface area contributed by atoms with E-state index in [1.54, 1.807) is 12.1 Å². The lowest BCUT2D eigenvalue weighted by Gasteiger charge is -2.43. The number of hydrogen-bond acceptors (Lipinski definition) is 4. The Morgan fingerprint density at radius 3 is 2.53 bits per heavy atom. The Morgan fingerprint density at radius 1 is 1.27 bits per heavy atom. The van der Waals surface area contributed by atoms with Crippen LogP contribution in [0.2, 0.25) is 0 Å². The number of amides is 1. The molecule has 0 radical (unpaired) electrons. The van der Waals surface area contributed by atoms with Crippen LogP contribution in [0.5, 0.6) is 0 Å². The zero-order valence-electron chi connectivity index (χ0n) is 16.8. The molecule has 1 amide bonds. The highest BCUT2D eigenvalue weighted by Gasteiger charge is 2.49. The highest BCUT2D eigenvalue weighted by molar-refractivity contribution is 5.77. The number of nitriles is 1. The summed E-state index contributed by atoms with van der Waals surface area (Å²) in [6.07, 6.45) is -0.319. The topological polar surface area (TPSA) is 67.6 Å². The van der Waals surface area contributed by atoms with Gasteiger partial charge in [-0.25, -0.2) is 0 Å². The Labute approximate surface area is 174 Å². The Bertz CT molecular complexity index is 852. The SMILES string of the molecule is N#Cc1ccc(N2CCC3(CC2)CN(C(=O)CC2CC2)CC3CO)cc1C(F)(F)F. The average Bonchev–Trinajstić information content (AvgIpc) is 3.47. The van der Waals surface area contributed by atoms with Crippen molar-refractivity contribution < 1.29 is 23.1 Å². The number of alkyl halides is 3. The van der Waals surface area contributed by atoms with E-state index in [4.69, 9.17) is 5.26 Å². The maximum absolute atomic E-state index is 13.3. The van der Waals surface area contributed by atoms with Crippen LogP contribution in [-0.4, -0.2) is 48.7 Å². The third-order valence-electron chi connectivity index (χ3n) is 7.10. The second-order valence-corrected chi connectivity index (χ2v) is 8.99. The summed E-state index contributed by atoms with van der Waals surface area (Å²) in [5, 5.41) is 18.9. The van der Waals surface area contributed by atoms with Crippen molar-refractivity contribution in [2.24, 2.45) is 17.3 Å². The quantitative estimate of drug-likeness (QED) is 0.809. The number of carbonyl (C=O) groups excluding carboxylic acids is 1. The Kier molecular flexibility index (Phi) is 5.43. The molecule has 1 spiro atoms. The van der Waals surface area contributed by atoms with Gasteiger partial charge in [-0.15, -0.1) is 0 Å². The van der Waals surface area contributed by atoms with Crippen LogP contribution in [-0.2, 0) is 11.0 Å². The first kappa shape index (κ1) is 21.0. The lowest BCUT2D eigenvalue weighted by atomic mass is 9.71. The van der Waals surface area contributed by atoms with Crippen molar-refractivity contribution in [3.05, 3.63) is 29.3 Å². The number of nitrogens with zero attached hydrogens (tertiary/aromatic N) is 3. The number of rotatable bonds is 4. The van der Waals surface area contributed by atoms with Crippen LogP contribution in [0.3, 0.4) is 0 Å². The molecule has 4 rings (SSSR count). The molecule has 162 valence electrons. The van der Waals surface area contributed by atoms with E-state index in [-0.39, 0.29) is 29.4 Å². The molecule has 8 heteroatoms. The number of benzene rings is 1. The molecule has 2 saturated heterocycles. The van der Waals surface area contributed by atoms with Gasteiger partial charge in [-0.1, -0.05) is 0 Å². The minimum atomic E-state index is -4.58. The van der Waals surface area contributed by atoms with Crippen molar-refractivity contribution in [1.29, 1.82) is 5.26 Å². The van der Waals surface area contributed by atoms with Crippen LogP contribution in [0, 0.1) is 28.6 Å². The van der Waals surface area contributed by atoms with Gasteiger partial charge in [0, 0.05) is 50.8 Å². The van der Waals surface area contributed by atoms with Gasteiger partial charge < -0.3 is 14.9 Å². The van der Waals surface area contributed by atoms with Gasteiger partial charge in [-0.3, -0.25) is 4.79 Å². The van der Waals surface area contributed by atoms with E-state index in [9.17, 15) is 23.1 Å². The van der Waals surface area contributed by atoms with Gasteiger partial charge in [0.2, 0.25) is 5.91 Å². The minimum Gasteiger partial charge on any atom is -0.396 e. The molecule has 2 heterocycles. The van der Waals surface area contributed by atoms with Gasteiger partial charge in [0.15, 0.2) is 0 Å². The van der Waals surface area contributed by atoms with E-state index < -0.39 is 11.7 Å². The van der Waals surface area contributed by atoms with Crippen molar-refractivity contribution in [2.75, 3.05) is 37.7 Å². The third-order valence-corrected chi connectivity index (χ3v) is 7.10. The minimum absolute atomic E-state index is 0.00880. The molecule has 30 heavy (non-hydrogen) atoms. The molecule has 1 aliphatic carbocycles. The van der Waals surface area contributed by atoms with Gasteiger partial charge in [0.25, 0.3) is 0 Å². The smallest absolute Gasteiger partial charge is 0.396 e. The molecule has 2 aliphatic heterocycles. The Balaban J connectivity index is 1.46. The fraction of sp³-hybridized carbons (Fsp3) is 0.636. The molecule has 3 fully saturated rings. The van der Waals surface area contributed by atoms with Gasteiger partial charge in [-0.2, -0.15) is 18.4 Å². The van der Waals surface area contributed by atoms with E-state index in [2.05, 4.69) is 0 Å². The Morgan fingerprint density at radius 2 is 1.97 bits per heavy atom. The molecule has 1 aromatic rings. The van der Waals surface area contributed by atoms with Gasteiger partial charge in [-0.05, 0) is 55.2 Å². The largest absolute Gasteiger partial charge is 0.417 e. The molecule has 5 nitrogen and oxygen atoms in total. The monoisotopic (exact) mass is 421 g/mol. The van der Waals surface area contributed by atoms with Crippen LogP contribution >= 0.6 is 0 Å². The lowest BCUT2D eigenvalue weighted by molar-refractivity contribution is -0.137. The van der Waals surface area contributed by atoms with Gasteiger partial charge >= 0.3 is 6.18 Å². The fourth-order valence-corrected chi connectivity index (χ4v) is 5.01. The normalized spacial score (nSPS) is 23.6. The third kappa shape index (κ3) is 4.00. The summed E-state index contributed by atoms with van der Waals surface area (Å²) in [4.78, 5) is 16.4. The fourth-order valence-electron chi connectivity index (χ4n) is 5.01. The van der Waals surface area contributed by atoms with Crippen LogP contribution in [0.1, 0.15) is 43.2 Å². The number of hydrogen-bond donors (Lipinski definition) is 1. The zero-order valence-corrected chi connectivity index (χ0v) is 16.8. The first-order valence-corrected chi connectivity index (χ1v) is 10.5. The predicted molar refractivity (Wildman–Crippen MR) is 105 cm³/mol. The summed E-state index contributed by atoms with van der Waals surface area (Å²) in [6, 6.07) is 5.46. The van der Waals surface area contributed by atoms with Crippen LogP contribution in [0.4, 0.5) is 18.9 Å². The summed E-state index contributed by atoms with van der Waals surface area (Å²) in [5.41, 5.74) is -1.00. The number of likely N-dealkylation sites (tertiary alicyclic amines) is 1. The number of halogens is 3. The van der Waals surface area contributed by atoms with E-state index in [1.165, 1.54) is 6.07 Å².